The third kappa shape index (κ3) is 6.66. The van der Waals surface area contributed by atoms with Crippen molar-refractivity contribution in [2.75, 3.05) is 4.90 Å². The second-order valence-electron chi connectivity index (χ2n) is 14.9. The van der Waals surface area contributed by atoms with Gasteiger partial charge in [0.2, 0.25) is 5.84 Å². The van der Waals surface area contributed by atoms with Crippen LogP contribution in [0.4, 0.5) is 5.69 Å². The third-order valence-corrected chi connectivity index (χ3v) is 11.4. The molecule has 284 valence electrons. The number of aromatic nitrogens is 1. The van der Waals surface area contributed by atoms with E-state index in [9.17, 15) is 5.41 Å². The summed E-state index contributed by atoms with van der Waals surface area (Å²) in [6.45, 7) is 0. The fourth-order valence-electron chi connectivity index (χ4n) is 8.46. The van der Waals surface area contributed by atoms with Gasteiger partial charge in [0, 0.05) is 22.0 Å². The average molecular weight is 770 g/mol. The topological polar surface area (TPSA) is 57.6 Å². The Labute approximate surface area is 349 Å². The minimum Gasteiger partial charge on any atom is -0.309 e. The first kappa shape index (κ1) is 36.3. The summed E-state index contributed by atoms with van der Waals surface area (Å²) in [7, 11) is 0. The van der Waals surface area contributed by atoms with Gasteiger partial charge in [0.15, 0.2) is 0 Å². The minimum absolute atomic E-state index is 0.297. The highest BCUT2D eigenvalue weighted by Gasteiger charge is 2.29. The highest BCUT2D eigenvalue weighted by atomic mass is 15.2. The van der Waals surface area contributed by atoms with Crippen molar-refractivity contribution in [3.05, 3.63) is 242 Å². The van der Waals surface area contributed by atoms with Crippen LogP contribution in [0.25, 0.3) is 72.0 Å². The number of rotatable bonds is 8. The van der Waals surface area contributed by atoms with Crippen molar-refractivity contribution in [2.24, 2.45) is 0 Å². The van der Waals surface area contributed by atoms with Crippen LogP contribution in [0.1, 0.15) is 11.1 Å². The molecule has 1 aromatic heterocycles. The predicted octanol–water partition coefficient (Wildman–Crippen LogP) is 12.5. The number of fused-ring (bicyclic) bond motifs is 3. The Morgan fingerprint density at radius 1 is 0.383 bits per heavy atom. The van der Waals surface area contributed by atoms with Gasteiger partial charge in [-0.15, -0.1) is 0 Å². The van der Waals surface area contributed by atoms with Crippen molar-refractivity contribution in [1.29, 1.82) is 5.41 Å². The van der Waals surface area contributed by atoms with Crippen molar-refractivity contribution in [3.63, 3.8) is 0 Å². The van der Waals surface area contributed by atoms with Gasteiger partial charge in [-0.3, -0.25) is 10.8 Å². The molecule has 0 aliphatic rings. The summed E-state index contributed by atoms with van der Waals surface area (Å²) in [5.74, 6) is 0.774. The van der Waals surface area contributed by atoms with E-state index in [1.54, 1.807) is 0 Å². The molecular formula is C56H41N4+. The van der Waals surface area contributed by atoms with E-state index in [1.807, 2.05) is 65.6 Å². The molecule has 0 unspecified atom stereocenters. The number of hydrogen-bond donors (Lipinski definition) is 2. The second kappa shape index (κ2) is 15.7. The van der Waals surface area contributed by atoms with Crippen LogP contribution in [-0.4, -0.2) is 16.2 Å². The molecule has 4 nitrogen and oxygen atoms in total. The Balaban J connectivity index is 1.00. The molecule has 0 bridgehead atoms. The lowest BCUT2D eigenvalue weighted by atomic mass is 9.89. The van der Waals surface area contributed by atoms with Crippen LogP contribution in [0.2, 0.25) is 0 Å². The van der Waals surface area contributed by atoms with E-state index < -0.39 is 0 Å². The van der Waals surface area contributed by atoms with Gasteiger partial charge in [0.25, 0.3) is 5.84 Å². The maximum Gasteiger partial charge on any atom is 0.286 e. The average Bonchev–Trinajstić information content (AvgIpc) is 3.66. The number of hydrogen-bond acceptors (Lipinski definition) is 1. The Kier molecular flexibility index (Phi) is 9.49. The summed E-state index contributed by atoms with van der Waals surface area (Å²) in [5.41, 5.74) is 14.9. The summed E-state index contributed by atoms with van der Waals surface area (Å²) in [5, 5.41) is 19.0. The van der Waals surface area contributed by atoms with Gasteiger partial charge in [0.05, 0.1) is 16.6 Å². The number of benzene rings is 9. The molecule has 9 aromatic carbocycles. The SMILES string of the molecule is N=C(c1cccc(-c2ccccc2)c1)N(C(=[NH2+])c1ccc(-c2ccccc2-c2ccccc2-c2ccc3c(c2)c2ccccc2n3-c2ccccc2)cc1)c1ccccc1. The van der Waals surface area contributed by atoms with E-state index in [2.05, 4.69) is 174 Å². The Morgan fingerprint density at radius 3 is 1.62 bits per heavy atom. The maximum absolute atomic E-state index is 9.50. The number of amidine groups is 2. The fraction of sp³-hybridized carbons (Fsp3) is 0. The summed E-state index contributed by atoms with van der Waals surface area (Å²) in [6.07, 6.45) is 0. The van der Waals surface area contributed by atoms with Crippen LogP contribution in [0.3, 0.4) is 0 Å². The Hall–Kier alpha value is -8.08. The van der Waals surface area contributed by atoms with E-state index in [0.29, 0.717) is 11.7 Å². The zero-order valence-corrected chi connectivity index (χ0v) is 32.9. The van der Waals surface area contributed by atoms with Gasteiger partial charge in [-0.2, -0.15) is 4.90 Å². The van der Waals surface area contributed by atoms with E-state index in [0.717, 1.165) is 55.9 Å². The number of anilines is 1. The van der Waals surface area contributed by atoms with Crippen molar-refractivity contribution in [1.82, 2.24) is 4.57 Å². The molecule has 10 aromatic rings. The molecule has 4 heteroatoms. The molecule has 0 aliphatic heterocycles. The number of nitrogens with one attached hydrogen (secondary N) is 1. The molecule has 0 amide bonds. The van der Waals surface area contributed by atoms with E-state index in [-0.39, 0.29) is 0 Å². The molecule has 0 aliphatic carbocycles. The van der Waals surface area contributed by atoms with E-state index in [4.69, 9.17) is 5.41 Å². The van der Waals surface area contributed by atoms with Gasteiger partial charge >= 0.3 is 0 Å². The first-order valence-corrected chi connectivity index (χ1v) is 20.2. The first-order chi connectivity index (χ1) is 29.6. The third-order valence-electron chi connectivity index (χ3n) is 11.4. The highest BCUT2D eigenvalue weighted by molar-refractivity contribution is 6.26. The molecule has 0 saturated heterocycles. The van der Waals surface area contributed by atoms with Gasteiger partial charge in [-0.05, 0) is 111 Å². The van der Waals surface area contributed by atoms with Crippen LogP contribution in [0.15, 0.2) is 231 Å². The lowest BCUT2D eigenvalue weighted by Gasteiger charge is -2.19. The number of para-hydroxylation sites is 3. The number of nitrogens with two attached hydrogens (primary N) is 1. The molecule has 1 heterocycles. The van der Waals surface area contributed by atoms with Crippen molar-refractivity contribution < 1.29 is 5.41 Å². The van der Waals surface area contributed by atoms with Crippen LogP contribution < -0.4 is 10.3 Å². The van der Waals surface area contributed by atoms with E-state index in [1.165, 1.54) is 32.9 Å². The van der Waals surface area contributed by atoms with Crippen molar-refractivity contribution in [3.8, 4) is 50.2 Å². The smallest absolute Gasteiger partial charge is 0.286 e. The molecule has 60 heavy (non-hydrogen) atoms. The van der Waals surface area contributed by atoms with Crippen LogP contribution in [0.5, 0.6) is 0 Å². The zero-order chi connectivity index (χ0) is 40.4. The summed E-state index contributed by atoms with van der Waals surface area (Å²) in [4.78, 5) is 1.83. The normalized spacial score (nSPS) is 11.1. The van der Waals surface area contributed by atoms with Crippen LogP contribution >= 0.6 is 0 Å². The van der Waals surface area contributed by atoms with Gasteiger partial charge in [0.1, 0.15) is 5.69 Å². The highest BCUT2D eigenvalue weighted by Crippen LogP contribution is 2.41. The van der Waals surface area contributed by atoms with Crippen molar-refractivity contribution >= 4 is 39.2 Å². The zero-order valence-electron chi connectivity index (χ0n) is 32.9. The summed E-state index contributed by atoms with van der Waals surface area (Å²) < 4.78 is 2.36. The summed E-state index contributed by atoms with van der Waals surface area (Å²) in [6, 6.07) is 80.1. The molecule has 0 spiro atoms. The monoisotopic (exact) mass is 769 g/mol. The predicted molar refractivity (Wildman–Crippen MR) is 251 cm³/mol. The molecule has 0 saturated carbocycles. The molecule has 0 radical (unpaired) electrons. The molecule has 10 rings (SSSR count). The van der Waals surface area contributed by atoms with Gasteiger partial charge in [-0.25, -0.2) is 0 Å². The largest absolute Gasteiger partial charge is 0.309 e. The molecular weight excluding hydrogens is 729 g/mol. The first-order valence-electron chi connectivity index (χ1n) is 20.2. The number of nitrogens with zero attached hydrogens (tertiary/aromatic N) is 2. The van der Waals surface area contributed by atoms with E-state index >= 15 is 0 Å². The maximum atomic E-state index is 9.50. The summed E-state index contributed by atoms with van der Waals surface area (Å²) >= 11 is 0. The lowest BCUT2D eigenvalue weighted by molar-refractivity contribution is -0.113. The Morgan fingerprint density at radius 2 is 0.917 bits per heavy atom. The molecule has 0 fully saturated rings. The van der Waals surface area contributed by atoms with Crippen LogP contribution in [0, 0.1) is 5.41 Å². The fourth-order valence-corrected chi connectivity index (χ4v) is 8.46. The molecule has 3 N–H and O–H groups in total. The Bertz CT molecular complexity index is 3170. The quantitative estimate of drug-likeness (QED) is 0.117. The minimum atomic E-state index is 0.297. The standard InChI is InChI=1S/C56H40N4/c57-55(60(46-23-8-3-9-24-46)56(58)44-20-16-19-42(37-44)39-17-4-1-5-18-39)41-33-31-40(32-34-41)47-25-10-12-27-49(47)50-28-13-11-26-48(50)43-35-36-54-52(38-43)51-29-14-15-30-53(51)59(54)45-21-6-2-7-22-45/h1-38,57-58H/p+1. The van der Waals surface area contributed by atoms with Gasteiger partial charge in [-0.1, -0.05) is 164 Å². The second-order valence-corrected chi connectivity index (χ2v) is 14.9. The van der Waals surface area contributed by atoms with Crippen LogP contribution in [-0.2, 0) is 0 Å². The molecule has 0 atom stereocenters. The van der Waals surface area contributed by atoms with Crippen molar-refractivity contribution in [2.45, 2.75) is 0 Å². The lowest BCUT2D eigenvalue weighted by Crippen LogP contribution is -2.54. The van der Waals surface area contributed by atoms with Gasteiger partial charge < -0.3 is 4.57 Å².